The van der Waals surface area contributed by atoms with E-state index >= 15 is 0 Å². The molecule has 0 unspecified atom stereocenters. The zero-order valence-corrected chi connectivity index (χ0v) is 5.98. The van der Waals surface area contributed by atoms with Crippen LogP contribution in [0.3, 0.4) is 0 Å². The summed E-state index contributed by atoms with van der Waals surface area (Å²) in [5, 5.41) is 7.04. The van der Waals surface area contributed by atoms with Gasteiger partial charge < -0.3 is 9.84 Å². The molecule has 0 radical (unpaired) electrons. The molecule has 2 rings (SSSR count). The molecule has 0 fully saturated rings. The fraction of sp³-hybridized carbons (Fsp3) is 0.571. The van der Waals surface area contributed by atoms with Gasteiger partial charge >= 0.3 is 0 Å². The number of hydrogen-bond acceptors (Lipinski definition) is 3. The number of aromatic nitrogens is 1. The summed E-state index contributed by atoms with van der Waals surface area (Å²) in [4.78, 5) is 0. The smallest absolute Gasteiger partial charge is 0.228 e. The van der Waals surface area contributed by atoms with Gasteiger partial charge in [0, 0.05) is 12.1 Å². The van der Waals surface area contributed by atoms with Crippen LogP contribution in [0.2, 0.25) is 0 Å². The second-order valence-electron chi connectivity index (χ2n) is 2.47. The van der Waals surface area contributed by atoms with Crippen molar-refractivity contribution in [3.05, 3.63) is 11.3 Å². The highest BCUT2D eigenvalue weighted by molar-refractivity contribution is 5.48. The molecule has 0 amide bonds. The predicted molar refractivity (Wildman–Crippen MR) is 38.1 cm³/mol. The van der Waals surface area contributed by atoms with Crippen LogP contribution in [0.1, 0.15) is 18.2 Å². The first-order valence-corrected chi connectivity index (χ1v) is 3.63. The molecule has 2 heterocycles. The number of rotatable bonds is 1. The Morgan fingerprint density at radius 3 is 3.40 bits per heavy atom. The lowest BCUT2D eigenvalue weighted by atomic mass is 10.2. The van der Waals surface area contributed by atoms with E-state index < -0.39 is 0 Å². The Balaban J connectivity index is 2.44. The molecule has 0 saturated carbocycles. The highest BCUT2D eigenvalue weighted by atomic mass is 16.5. The summed E-state index contributed by atoms with van der Waals surface area (Å²) in [6.07, 6.45) is 2.04. The van der Waals surface area contributed by atoms with Crippen molar-refractivity contribution in [3.63, 3.8) is 0 Å². The third-order valence-corrected chi connectivity index (χ3v) is 1.87. The third-order valence-electron chi connectivity index (χ3n) is 1.87. The molecule has 0 saturated heterocycles. The van der Waals surface area contributed by atoms with Crippen LogP contribution < -0.4 is 5.32 Å². The second kappa shape index (κ2) is 2.01. The number of hydrogen-bond donors (Lipinski definition) is 1. The first-order valence-electron chi connectivity index (χ1n) is 3.63. The molecule has 3 nitrogen and oxygen atoms in total. The molecule has 0 aromatic carbocycles. The molecule has 1 aliphatic heterocycles. The summed E-state index contributed by atoms with van der Waals surface area (Å²) in [5.41, 5.74) is 2.39. The quantitative estimate of drug-likeness (QED) is 0.633. The van der Waals surface area contributed by atoms with Gasteiger partial charge in [0.05, 0.1) is 5.69 Å². The van der Waals surface area contributed by atoms with Gasteiger partial charge in [-0.1, -0.05) is 12.1 Å². The Kier molecular flexibility index (Phi) is 1.16. The van der Waals surface area contributed by atoms with Gasteiger partial charge in [-0.05, 0) is 12.8 Å². The van der Waals surface area contributed by atoms with Crippen LogP contribution in [0.4, 0.5) is 5.88 Å². The first kappa shape index (κ1) is 5.77. The van der Waals surface area contributed by atoms with Crippen molar-refractivity contribution in [2.75, 3.05) is 11.9 Å². The Hall–Kier alpha value is -0.990. The van der Waals surface area contributed by atoms with Crippen molar-refractivity contribution in [1.82, 2.24) is 5.16 Å². The molecule has 10 heavy (non-hydrogen) atoms. The SMILES string of the molecule is CCc1noc2c1CCN2. The van der Waals surface area contributed by atoms with Gasteiger partial charge in [-0.25, -0.2) is 0 Å². The van der Waals surface area contributed by atoms with Gasteiger partial charge in [-0.3, -0.25) is 0 Å². The maximum atomic E-state index is 5.04. The first-order chi connectivity index (χ1) is 4.92. The average Bonchev–Trinajstić information content (AvgIpc) is 2.44. The van der Waals surface area contributed by atoms with Crippen LogP contribution >= 0.6 is 0 Å². The van der Waals surface area contributed by atoms with Crippen LogP contribution in [0, 0.1) is 0 Å². The van der Waals surface area contributed by atoms with Crippen molar-refractivity contribution in [3.8, 4) is 0 Å². The molecular weight excluding hydrogens is 128 g/mol. The minimum atomic E-state index is 0.886. The topological polar surface area (TPSA) is 38.1 Å². The summed E-state index contributed by atoms with van der Waals surface area (Å²) in [5.74, 6) is 0.886. The molecule has 1 aromatic heterocycles. The zero-order valence-electron chi connectivity index (χ0n) is 5.98. The van der Waals surface area contributed by atoms with E-state index in [2.05, 4.69) is 17.4 Å². The lowest BCUT2D eigenvalue weighted by molar-refractivity contribution is 0.425. The summed E-state index contributed by atoms with van der Waals surface area (Å²) in [6, 6.07) is 0. The van der Waals surface area contributed by atoms with Gasteiger partial charge in [0.1, 0.15) is 0 Å². The van der Waals surface area contributed by atoms with E-state index in [0.717, 1.165) is 31.0 Å². The predicted octanol–water partition coefficient (Wildman–Crippen LogP) is 1.20. The molecule has 54 valence electrons. The van der Waals surface area contributed by atoms with Crippen molar-refractivity contribution >= 4 is 5.88 Å². The molecular formula is C7H10N2O. The average molecular weight is 138 g/mol. The van der Waals surface area contributed by atoms with Crippen LogP contribution in [0.15, 0.2) is 4.52 Å². The fourth-order valence-electron chi connectivity index (χ4n) is 1.32. The summed E-state index contributed by atoms with van der Waals surface area (Å²) < 4.78 is 5.04. The molecule has 0 atom stereocenters. The zero-order chi connectivity index (χ0) is 6.97. The number of nitrogens with one attached hydrogen (secondary N) is 1. The van der Waals surface area contributed by atoms with Crippen molar-refractivity contribution in [1.29, 1.82) is 0 Å². The summed E-state index contributed by atoms with van der Waals surface area (Å²) in [7, 11) is 0. The van der Waals surface area contributed by atoms with Crippen LogP contribution in [-0.2, 0) is 12.8 Å². The fourth-order valence-corrected chi connectivity index (χ4v) is 1.32. The highest BCUT2D eigenvalue weighted by Crippen LogP contribution is 2.24. The molecule has 1 aliphatic rings. The molecule has 1 aromatic rings. The van der Waals surface area contributed by atoms with Gasteiger partial charge in [0.15, 0.2) is 0 Å². The Morgan fingerprint density at radius 1 is 1.70 bits per heavy atom. The van der Waals surface area contributed by atoms with E-state index in [-0.39, 0.29) is 0 Å². The maximum Gasteiger partial charge on any atom is 0.228 e. The third kappa shape index (κ3) is 0.632. The molecule has 0 aliphatic carbocycles. The maximum absolute atomic E-state index is 5.04. The van der Waals surface area contributed by atoms with Crippen molar-refractivity contribution < 1.29 is 4.52 Å². The molecule has 3 heteroatoms. The number of anilines is 1. The van der Waals surface area contributed by atoms with E-state index in [1.165, 1.54) is 5.56 Å². The molecule has 0 bridgehead atoms. The van der Waals surface area contributed by atoms with Gasteiger partial charge in [0.25, 0.3) is 0 Å². The van der Waals surface area contributed by atoms with Crippen LogP contribution in [0.25, 0.3) is 0 Å². The van der Waals surface area contributed by atoms with Crippen LogP contribution in [-0.4, -0.2) is 11.7 Å². The summed E-state index contributed by atoms with van der Waals surface area (Å²) >= 11 is 0. The number of aryl methyl sites for hydroxylation is 1. The number of nitrogens with zero attached hydrogens (tertiary/aromatic N) is 1. The molecule has 1 N–H and O–H groups in total. The van der Waals surface area contributed by atoms with E-state index in [0.29, 0.717) is 0 Å². The largest absolute Gasteiger partial charge is 0.353 e. The van der Waals surface area contributed by atoms with E-state index in [1.807, 2.05) is 0 Å². The Labute approximate surface area is 59.4 Å². The van der Waals surface area contributed by atoms with E-state index in [4.69, 9.17) is 4.52 Å². The number of fused-ring (bicyclic) bond motifs is 1. The van der Waals surface area contributed by atoms with Gasteiger partial charge in [-0.2, -0.15) is 0 Å². The lowest BCUT2D eigenvalue weighted by Gasteiger charge is -1.87. The van der Waals surface area contributed by atoms with Crippen LogP contribution in [0.5, 0.6) is 0 Å². The Bertz CT molecular complexity index is 242. The second-order valence-corrected chi connectivity index (χ2v) is 2.47. The standard InChI is InChI=1S/C7H10N2O/c1-2-6-5-3-4-8-7(5)10-9-6/h8H,2-4H2,1H3. The monoisotopic (exact) mass is 138 g/mol. The highest BCUT2D eigenvalue weighted by Gasteiger charge is 2.18. The van der Waals surface area contributed by atoms with E-state index in [1.54, 1.807) is 0 Å². The minimum Gasteiger partial charge on any atom is -0.353 e. The lowest BCUT2D eigenvalue weighted by Crippen LogP contribution is -1.93. The molecule has 0 spiro atoms. The van der Waals surface area contributed by atoms with Gasteiger partial charge in [0.2, 0.25) is 5.88 Å². The van der Waals surface area contributed by atoms with Gasteiger partial charge in [-0.15, -0.1) is 0 Å². The van der Waals surface area contributed by atoms with Crippen molar-refractivity contribution in [2.45, 2.75) is 19.8 Å². The van der Waals surface area contributed by atoms with Crippen molar-refractivity contribution in [2.24, 2.45) is 0 Å². The normalized spacial score (nSPS) is 14.9. The summed E-state index contributed by atoms with van der Waals surface area (Å²) in [6.45, 7) is 3.10. The minimum absolute atomic E-state index is 0.886. The Morgan fingerprint density at radius 2 is 2.60 bits per heavy atom. The van der Waals surface area contributed by atoms with E-state index in [9.17, 15) is 0 Å².